The van der Waals surface area contributed by atoms with Crippen LogP contribution in [0.4, 0.5) is 0 Å². The number of hydrogen-bond donors (Lipinski definition) is 0. The molecule has 2 nitrogen and oxygen atoms in total. The smallest absolute Gasteiger partial charge is 0.115 e. The largest absolute Gasteiger partial charge is 0.328 e. The molecule has 0 aliphatic carbocycles. The van der Waals surface area contributed by atoms with Crippen molar-refractivity contribution in [1.82, 2.24) is 9.55 Å². The Hall–Kier alpha value is -2.39. The van der Waals surface area contributed by atoms with Gasteiger partial charge in [0.1, 0.15) is 5.82 Å². The van der Waals surface area contributed by atoms with E-state index in [-0.39, 0.29) is 0 Å². The zero-order valence-corrected chi connectivity index (χ0v) is 14.4. The van der Waals surface area contributed by atoms with Crippen molar-refractivity contribution in [3.8, 4) is 0 Å². The van der Waals surface area contributed by atoms with E-state index < -0.39 is 0 Å². The summed E-state index contributed by atoms with van der Waals surface area (Å²) in [6.45, 7) is 1.01. The molecule has 0 atom stereocenters. The van der Waals surface area contributed by atoms with Crippen LogP contribution < -0.4 is 0 Å². The van der Waals surface area contributed by atoms with Gasteiger partial charge in [0.2, 0.25) is 0 Å². The first-order valence-electron chi connectivity index (χ1n) is 8.40. The first-order valence-corrected chi connectivity index (χ1v) is 9.28. The van der Waals surface area contributed by atoms with Crippen LogP contribution in [0.2, 0.25) is 0 Å². The molecule has 2 heterocycles. The average molecular weight is 332 g/mol. The minimum Gasteiger partial charge on any atom is -0.328 e. The Morgan fingerprint density at radius 2 is 1.71 bits per heavy atom. The van der Waals surface area contributed by atoms with E-state index in [1.54, 1.807) is 11.3 Å². The van der Waals surface area contributed by atoms with Gasteiger partial charge >= 0.3 is 0 Å². The van der Waals surface area contributed by atoms with E-state index in [4.69, 9.17) is 4.98 Å². The number of nitrogens with zero attached hydrogens (tertiary/aromatic N) is 2. The summed E-state index contributed by atoms with van der Waals surface area (Å²) in [6, 6.07) is 23.5. The van der Waals surface area contributed by atoms with E-state index in [0.717, 1.165) is 31.3 Å². The molecular weight excluding hydrogens is 312 g/mol. The molecular formula is C21H20N2S. The lowest BCUT2D eigenvalue weighted by Crippen LogP contribution is -2.05. The molecule has 24 heavy (non-hydrogen) atoms. The van der Waals surface area contributed by atoms with Crippen molar-refractivity contribution in [2.75, 3.05) is 0 Å². The summed E-state index contributed by atoms with van der Waals surface area (Å²) in [6.07, 6.45) is 3.14. The molecule has 0 spiro atoms. The lowest BCUT2D eigenvalue weighted by Gasteiger charge is -2.09. The lowest BCUT2D eigenvalue weighted by atomic mass is 10.1. The lowest BCUT2D eigenvalue weighted by molar-refractivity contribution is 0.633. The number of imidazole rings is 1. The van der Waals surface area contributed by atoms with E-state index in [9.17, 15) is 0 Å². The second-order valence-corrected chi connectivity index (χ2v) is 7.05. The topological polar surface area (TPSA) is 17.8 Å². The fourth-order valence-corrected chi connectivity index (χ4v) is 3.87. The first-order chi connectivity index (χ1) is 11.9. The molecule has 4 aromatic rings. The molecule has 0 fully saturated rings. The minimum atomic E-state index is 0.914. The minimum absolute atomic E-state index is 0.914. The van der Waals surface area contributed by atoms with Crippen LogP contribution in [0.15, 0.2) is 72.1 Å². The predicted molar refractivity (Wildman–Crippen MR) is 102 cm³/mol. The Labute approximate surface area is 146 Å². The Bertz CT molecular complexity index is 908. The number of thiophene rings is 1. The van der Waals surface area contributed by atoms with Gasteiger partial charge in [-0.2, -0.15) is 0 Å². The summed E-state index contributed by atoms with van der Waals surface area (Å²) in [7, 11) is 0. The first kappa shape index (κ1) is 15.2. The molecule has 0 radical (unpaired) electrons. The van der Waals surface area contributed by atoms with Gasteiger partial charge in [-0.1, -0.05) is 48.5 Å². The number of rotatable bonds is 6. The molecule has 3 heteroatoms. The van der Waals surface area contributed by atoms with Gasteiger partial charge in [0.15, 0.2) is 0 Å². The van der Waals surface area contributed by atoms with Crippen LogP contribution in [-0.2, 0) is 19.4 Å². The van der Waals surface area contributed by atoms with Crippen LogP contribution in [0.3, 0.4) is 0 Å². The van der Waals surface area contributed by atoms with Crippen molar-refractivity contribution in [2.45, 2.75) is 25.8 Å². The van der Waals surface area contributed by atoms with Crippen LogP contribution in [-0.4, -0.2) is 9.55 Å². The van der Waals surface area contributed by atoms with Gasteiger partial charge < -0.3 is 4.57 Å². The number of benzene rings is 2. The summed E-state index contributed by atoms with van der Waals surface area (Å²) in [5, 5.41) is 2.14. The number of aromatic nitrogens is 2. The zero-order chi connectivity index (χ0) is 16.2. The third-order valence-electron chi connectivity index (χ3n) is 4.34. The van der Waals surface area contributed by atoms with Gasteiger partial charge in [-0.15, -0.1) is 11.3 Å². The van der Waals surface area contributed by atoms with E-state index in [0.29, 0.717) is 0 Å². The molecule has 2 aromatic carbocycles. The van der Waals surface area contributed by atoms with Gasteiger partial charge in [-0.05, 0) is 42.0 Å². The standard InChI is InChI=1S/C21H20N2S/c1-2-8-17(9-3-1)10-6-14-23-20-13-5-4-12-19(20)22-21(23)16-18-11-7-15-24-18/h1-5,7-9,11-13,15H,6,10,14,16H2. The van der Waals surface area contributed by atoms with E-state index in [1.807, 2.05) is 0 Å². The fourth-order valence-electron chi connectivity index (χ4n) is 3.16. The molecule has 0 N–H and O–H groups in total. The number of aryl methyl sites for hydroxylation is 2. The van der Waals surface area contributed by atoms with Crippen LogP contribution >= 0.6 is 11.3 Å². The Balaban J connectivity index is 1.57. The molecule has 0 unspecified atom stereocenters. The zero-order valence-electron chi connectivity index (χ0n) is 13.6. The highest BCUT2D eigenvalue weighted by Gasteiger charge is 2.11. The maximum absolute atomic E-state index is 4.88. The summed E-state index contributed by atoms with van der Waals surface area (Å²) in [5.41, 5.74) is 3.75. The van der Waals surface area contributed by atoms with Gasteiger partial charge in [-0.3, -0.25) is 0 Å². The van der Waals surface area contributed by atoms with E-state index in [1.165, 1.54) is 21.8 Å². The summed E-state index contributed by atoms with van der Waals surface area (Å²) in [4.78, 5) is 6.25. The number of hydrogen-bond acceptors (Lipinski definition) is 2. The molecule has 0 aliphatic rings. The molecule has 4 rings (SSSR count). The fraction of sp³-hybridized carbons (Fsp3) is 0.190. The number of fused-ring (bicyclic) bond motifs is 1. The van der Waals surface area contributed by atoms with Crippen LogP contribution in [0.1, 0.15) is 22.7 Å². The van der Waals surface area contributed by atoms with E-state index >= 15 is 0 Å². The Morgan fingerprint density at radius 3 is 2.54 bits per heavy atom. The van der Waals surface area contributed by atoms with Gasteiger partial charge in [-0.25, -0.2) is 4.98 Å². The highest BCUT2D eigenvalue weighted by molar-refractivity contribution is 7.09. The van der Waals surface area contributed by atoms with Crippen LogP contribution in [0.5, 0.6) is 0 Å². The molecule has 2 aromatic heterocycles. The molecule has 120 valence electrons. The maximum Gasteiger partial charge on any atom is 0.115 e. The monoisotopic (exact) mass is 332 g/mol. The molecule has 0 amide bonds. The molecule has 0 saturated carbocycles. The van der Waals surface area contributed by atoms with Crippen molar-refractivity contribution in [3.05, 3.63) is 88.4 Å². The Morgan fingerprint density at radius 1 is 0.875 bits per heavy atom. The van der Waals surface area contributed by atoms with Crippen LogP contribution in [0.25, 0.3) is 11.0 Å². The van der Waals surface area contributed by atoms with Crippen molar-refractivity contribution in [1.29, 1.82) is 0 Å². The van der Waals surface area contributed by atoms with Gasteiger partial charge in [0.05, 0.1) is 11.0 Å². The van der Waals surface area contributed by atoms with Crippen molar-refractivity contribution in [2.24, 2.45) is 0 Å². The van der Waals surface area contributed by atoms with Crippen molar-refractivity contribution < 1.29 is 0 Å². The van der Waals surface area contributed by atoms with Crippen molar-refractivity contribution >= 4 is 22.4 Å². The Kier molecular flexibility index (Phi) is 4.43. The van der Waals surface area contributed by atoms with E-state index in [2.05, 4.69) is 76.7 Å². The SMILES string of the molecule is c1ccc(CCCn2c(Cc3cccs3)nc3ccccc32)cc1. The average Bonchev–Trinajstić information content (AvgIpc) is 3.25. The highest BCUT2D eigenvalue weighted by Crippen LogP contribution is 2.21. The number of para-hydroxylation sites is 2. The normalized spacial score (nSPS) is 11.2. The third kappa shape index (κ3) is 3.26. The van der Waals surface area contributed by atoms with Crippen molar-refractivity contribution in [3.63, 3.8) is 0 Å². The summed E-state index contributed by atoms with van der Waals surface area (Å²) >= 11 is 1.80. The molecule has 0 aliphatic heterocycles. The molecule has 0 saturated heterocycles. The third-order valence-corrected chi connectivity index (χ3v) is 5.21. The highest BCUT2D eigenvalue weighted by atomic mass is 32.1. The second kappa shape index (κ2) is 7.02. The quantitative estimate of drug-likeness (QED) is 0.467. The summed E-state index contributed by atoms with van der Waals surface area (Å²) < 4.78 is 2.40. The predicted octanol–water partition coefficient (Wildman–Crippen LogP) is 5.32. The van der Waals surface area contributed by atoms with Crippen LogP contribution in [0, 0.1) is 0 Å². The van der Waals surface area contributed by atoms with Gasteiger partial charge in [0.25, 0.3) is 0 Å². The molecule has 0 bridgehead atoms. The summed E-state index contributed by atoms with van der Waals surface area (Å²) in [5.74, 6) is 1.17. The maximum atomic E-state index is 4.88. The van der Waals surface area contributed by atoms with Gasteiger partial charge in [0, 0.05) is 17.8 Å². The second-order valence-electron chi connectivity index (χ2n) is 6.01.